The van der Waals surface area contributed by atoms with E-state index in [2.05, 4.69) is 109 Å². The normalized spacial score (nSPS) is 32.1. The van der Waals surface area contributed by atoms with E-state index in [0.29, 0.717) is 40.6 Å². The highest BCUT2D eigenvalue weighted by atomic mass is 16.5. The third-order valence-corrected chi connectivity index (χ3v) is 11.6. The van der Waals surface area contributed by atoms with Gasteiger partial charge >= 0.3 is 0 Å². The van der Waals surface area contributed by atoms with Crippen LogP contribution >= 0.6 is 0 Å². The van der Waals surface area contributed by atoms with Crippen molar-refractivity contribution < 1.29 is 14.5 Å². The second kappa shape index (κ2) is 10.1. The molecule has 2 spiro atoms. The summed E-state index contributed by atoms with van der Waals surface area (Å²) >= 11 is 0. The van der Waals surface area contributed by atoms with E-state index in [-0.39, 0.29) is 17.1 Å². The number of anilines is 3. The number of benzene rings is 4. The van der Waals surface area contributed by atoms with Crippen LogP contribution in [-0.2, 0) is 9.53 Å². The van der Waals surface area contributed by atoms with Crippen molar-refractivity contribution in [2.45, 2.75) is 77.5 Å². The maximum atomic E-state index is 14.6. The van der Waals surface area contributed by atoms with Crippen molar-refractivity contribution in [1.82, 2.24) is 0 Å². The SMILES string of the molecule is COC1=C(c2ccc3cccc4c3c2NC2(CC(C)CC(C)C2)N4)C(=O)/C1=c1\ccc2cccc3c2c1=[NH+]C1(CC(C)CC(C)C1)N3. The summed E-state index contributed by atoms with van der Waals surface area (Å²) in [6, 6.07) is 21.5. The van der Waals surface area contributed by atoms with Crippen LogP contribution in [0.3, 0.4) is 0 Å². The Morgan fingerprint density at radius 3 is 2.00 bits per heavy atom. The highest BCUT2D eigenvalue weighted by Gasteiger charge is 2.47. The van der Waals surface area contributed by atoms with Crippen LogP contribution in [0.2, 0.25) is 0 Å². The van der Waals surface area contributed by atoms with Crippen LogP contribution in [0.25, 0.3) is 32.7 Å². The Morgan fingerprint density at radius 1 is 0.702 bits per heavy atom. The number of methoxy groups -OCH3 is 1. The predicted octanol–water partition coefficient (Wildman–Crippen LogP) is 6.05. The molecule has 3 aliphatic carbocycles. The maximum absolute atomic E-state index is 14.6. The molecule has 0 bridgehead atoms. The summed E-state index contributed by atoms with van der Waals surface area (Å²) in [5.74, 6) is 3.11. The van der Waals surface area contributed by atoms with E-state index in [1.54, 1.807) is 7.11 Å². The highest BCUT2D eigenvalue weighted by molar-refractivity contribution is 6.52. The standard InChI is InChI=1S/C41H44N4O2/c1-22-16-23(2)19-40(18-22)42-30-10-6-8-26-12-14-28(36(44-40)32(26)30)34-38(46)35(39(34)47-5)29-15-13-27-9-7-11-31-33(27)37(29)45-41(43-31)20-24(3)17-25(4)21-41/h6-15,22-25,42-44H,16-21H2,1-5H3/p+1/b35-29-. The van der Waals surface area contributed by atoms with Gasteiger partial charge in [-0.1, -0.05) is 70.2 Å². The van der Waals surface area contributed by atoms with Crippen LogP contribution in [0.4, 0.5) is 17.1 Å². The molecule has 6 heteroatoms. The van der Waals surface area contributed by atoms with Gasteiger partial charge in [0.25, 0.3) is 0 Å². The first kappa shape index (κ1) is 28.9. The molecule has 0 amide bonds. The predicted molar refractivity (Wildman–Crippen MR) is 190 cm³/mol. The molecule has 2 aliphatic heterocycles. The fourth-order valence-corrected chi connectivity index (χ4v) is 10.4. The van der Waals surface area contributed by atoms with E-state index in [9.17, 15) is 4.79 Å². The molecule has 2 heterocycles. The topological polar surface area (TPSA) is 76.4 Å². The fraction of sp³-hybridized carbons (Fsp3) is 0.415. The maximum Gasteiger partial charge on any atom is 0.235 e. The minimum absolute atomic E-state index is 0.0440. The molecule has 4 aromatic rings. The molecule has 4 N–H and O–H groups in total. The van der Waals surface area contributed by atoms with E-state index in [1.807, 2.05) is 0 Å². The lowest BCUT2D eigenvalue weighted by atomic mass is 9.74. The largest absolute Gasteiger partial charge is 0.495 e. The molecule has 4 aromatic carbocycles. The van der Waals surface area contributed by atoms with Gasteiger partial charge in [-0.25, -0.2) is 4.99 Å². The number of ether oxygens (including phenoxy) is 1. The van der Waals surface area contributed by atoms with Gasteiger partial charge in [-0.05, 0) is 78.3 Å². The van der Waals surface area contributed by atoms with E-state index in [1.165, 1.54) is 12.8 Å². The van der Waals surface area contributed by atoms with Crippen LogP contribution < -0.4 is 31.5 Å². The lowest BCUT2D eigenvalue weighted by Crippen LogP contribution is -2.96. The molecule has 47 heavy (non-hydrogen) atoms. The van der Waals surface area contributed by atoms with Crippen LogP contribution in [-0.4, -0.2) is 24.2 Å². The molecule has 0 radical (unpaired) electrons. The minimum atomic E-state index is -0.250. The number of Topliss-reactive ketones (excluding diaryl/α,β-unsaturated/α-hetero) is 1. The average molecular weight is 626 g/mol. The lowest BCUT2D eigenvalue weighted by Gasteiger charge is -2.48. The first-order valence-corrected chi connectivity index (χ1v) is 17.6. The summed E-state index contributed by atoms with van der Waals surface area (Å²) in [6.07, 6.45) is 6.60. The molecular weight excluding hydrogens is 580 g/mol. The number of allylic oxidation sites excluding steroid dienone is 2. The van der Waals surface area contributed by atoms with Crippen molar-refractivity contribution in [2.24, 2.45) is 23.7 Å². The van der Waals surface area contributed by atoms with Crippen molar-refractivity contribution in [3.05, 3.63) is 82.6 Å². The van der Waals surface area contributed by atoms with Crippen molar-refractivity contribution in [3.63, 3.8) is 0 Å². The Bertz CT molecular complexity index is 2160. The van der Waals surface area contributed by atoms with Crippen molar-refractivity contribution >= 4 is 55.5 Å². The summed E-state index contributed by atoms with van der Waals surface area (Å²) in [5, 5.41) is 18.4. The second-order valence-corrected chi connectivity index (χ2v) is 15.8. The molecule has 0 aromatic heterocycles. The van der Waals surface area contributed by atoms with Gasteiger partial charge in [0.2, 0.25) is 16.8 Å². The fourth-order valence-electron chi connectivity index (χ4n) is 10.4. The number of hydrogen-bond donors (Lipinski definition) is 4. The number of rotatable bonds is 2. The van der Waals surface area contributed by atoms with E-state index in [4.69, 9.17) is 4.74 Å². The van der Waals surface area contributed by atoms with Gasteiger partial charge in [0.1, 0.15) is 11.4 Å². The monoisotopic (exact) mass is 625 g/mol. The average Bonchev–Trinajstić information content (AvgIpc) is 3.00. The summed E-state index contributed by atoms with van der Waals surface area (Å²) in [6.45, 7) is 9.42. The molecule has 4 atom stereocenters. The second-order valence-electron chi connectivity index (χ2n) is 15.8. The van der Waals surface area contributed by atoms with Crippen LogP contribution in [0.1, 0.15) is 71.8 Å². The quantitative estimate of drug-likeness (QED) is 0.218. The summed E-state index contributed by atoms with van der Waals surface area (Å²) in [7, 11) is 1.71. The summed E-state index contributed by atoms with van der Waals surface area (Å²) < 4.78 is 6.19. The summed E-state index contributed by atoms with van der Waals surface area (Å²) in [5.41, 5.74) is 5.08. The van der Waals surface area contributed by atoms with Crippen molar-refractivity contribution in [2.75, 3.05) is 23.1 Å². The Labute approximate surface area is 276 Å². The highest BCUT2D eigenvalue weighted by Crippen LogP contribution is 2.50. The van der Waals surface area contributed by atoms with Crippen LogP contribution in [0.5, 0.6) is 0 Å². The van der Waals surface area contributed by atoms with E-state index >= 15 is 0 Å². The zero-order valence-electron chi connectivity index (χ0n) is 28.1. The van der Waals surface area contributed by atoms with E-state index in [0.717, 1.165) is 80.4 Å². The molecule has 5 aliphatic rings. The van der Waals surface area contributed by atoms with Gasteiger partial charge in [-0.15, -0.1) is 0 Å². The molecule has 0 saturated heterocycles. The number of carbonyl (C=O) groups is 1. The van der Waals surface area contributed by atoms with Gasteiger partial charge in [-0.3, -0.25) is 4.79 Å². The zero-order chi connectivity index (χ0) is 32.2. The van der Waals surface area contributed by atoms with Gasteiger partial charge in [-0.2, -0.15) is 0 Å². The number of hydrogen-bond acceptors (Lipinski definition) is 5. The molecule has 2 saturated carbocycles. The Kier molecular flexibility index (Phi) is 6.20. The van der Waals surface area contributed by atoms with Crippen LogP contribution in [0.15, 0.2) is 66.4 Å². The third kappa shape index (κ3) is 4.29. The first-order valence-electron chi connectivity index (χ1n) is 17.6. The van der Waals surface area contributed by atoms with Gasteiger partial charge in [0, 0.05) is 29.5 Å². The summed E-state index contributed by atoms with van der Waals surface area (Å²) in [4.78, 5) is 18.6. The number of ketones is 1. The Hall–Kier alpha value is -4.32. The van der Waals surface area contributed by atoms with Crippen molar-refractivity contribution in [3.8, 4) is 0 Å². The minimum Gasteiger partial charge on any atom is -0.495 e. The smallest absolute Gasteiger partial charge is 0.235 e. The first-order chi connectivity index (χ1) is 22.7. The van der Waals surface area contributed by atoms with Crippen molar-refractivity contribution in [1.29, 1.82) is 0 Å². The Balaban J connectivity index is 1.27. The van der Waals surface area contributed by atoms with E-state index < -0.39 is 0 Å². The molecule has 2 fully saturated rings. The van der Waals surface area contributed by atoms with Gasteiger partial charge < -0.3 is 20.7 Å². The number of carbonyl (C=O) groups excluding carboxylic acids is 1. The number of nitrogens with one attached hydrogen (secondary N) is 4. The van der Waals surface area contributed by atoms with Gasteiger partial charge in [0.15, 0.2) is 0 Å². The molecular formula is C41H45N4O2+. The Morgan fingerprint density at radius 2 is 1.32 bits per heavy atom. The zero-order valence-corrected chi connectivity index (χ0v) is 28.1. The molecule has 6 nitrogen and oxygen atoms in total. The van der Waals surface area contributed by atoms with Crippen LogP contribution in [0, 0.1) is 23.7 Å². The van der Waals surface area contributed by atoms with Gasteiger partial charge in [0.05, 0.1) is 40.2 Å². The molecule has 240 valence electrons. The molecule has 4 unspecified atom stereocenters. The third-order valence-electron chi connectivity index (χ3n) is 11.6. The lowest BCUT2D eigenvalue weighted by molar-refractivity contribution is -0.591. The molecule has 9 rings (SSSR count).